The Balaban J connectivity index is 1.22. The van der Waals surface area contributed by atoms with Crippen molar-refractivity contribution in [3.8, 4) is 6.07 Å². The summed E-state index contributed by atoms with van der Waals surface area (Å²) < 4.78 is 1.94. The minimum Gasteiger partial charge on any atom is -0.387 e. The van der Waals surface area contributed by atoms with Crippen LogP contribution in [0.3, 0.4) is 0 Å². The molecule has 1 amide bonds. The van der Waals surface area contributed by atoms with E-state index >= 15 is 0 Å². The first-order chi connectivity index (χ1) is 17.6. The van der Waals surface area contributed by atoms with Crippen LogP contribution in [0.1, 0.15) is 34.2 Å². The number of carbonyl (C=O) groups is 1. The van der Waals surface area contributed by atoms with Gasteiger partial charge in [0.05, 0.1) is 24.2 Å². The molecule has 182 valence electrons. The first-order valence-corrected chi connectivity index (χ1v) is 11.9. The Morgan fingerprint density at radius 1 is 1.00 bits per heavy atom. The van der Waals surface area contributed by atoms with Gasteiger partial charge < -0.3 is 20.3 Å². The average Bonchev–Trinajstić information content (AvgIpc) is 3.34. The molecule has 7 nitrogen and oxygen atoms in total. The summed E-state index contributed by atoms with van der Waals surface area (Å²) in [5.41, 5.74) is 4.44. The number of hydrogen-bond donors (Lipinski definition) is 3. The van der Waals surface area contributed by atoms with E-state index in [0.29, 0.717) is 24.5 Å². The van der Waals surface area contributed by atoms with Gasteiger partial charge in [-0.1, -0.05) is 54.6 Å². The second-order valence-electron chi connectivity index (χ2n) is 8.58. The molecule has 0 aliphatic heterocycles. The third-order valence-electron chi connectivity index (χ3n) is 5.91. The molecule has 0 aliphatic rings. The van der Waals surface area contributed by atoms with Crippen LogP contribution in [-0.2, 0) is 24.2 Å². The fraction of sp³-hybridized carbons (Fsp3) is 0.207. The Labute approximate surface area is 211 Å². The monoisotopic (exact) mass is 479 g/mol. The van der Waals surface area contributed by atoms with Crippen LogP contribution in [0, 0.1) is 11.3 Å². The number of carbonyl (C=O) groups excluding carboxylic acids is 1. The van der Waals surface area contributed by atoms with Gasteiger partial charge in [0.2, 0.25) is 5.91 Å². The lowest BCUT2D eigenvalue weighted by Crippen LogP contribution is -2.23. The number of imidazole rings is 1. The number of hydrogen-bond acceptors (Lipinski definition) is 5. The van der Waals surface area contributed by atoms with Crippen LogP contribution in [0.25, 0.3) is 0 Å². The van der Waals surface area contributed by atoms with Gasteiger partial charge in [-0.15, -0.1) is 0 Å². The number of aliphatic hydroxyl groups excluding tert-OH is 1. The molecule has 0 unspecified atom stereocenters. The molecule has 0 fully saturated rings. The summed E-state index contributed by atoms with van der Waals surface area (Å²) in [6.45, 7) is 1.83. The lowest BCUT2D eigenvalue weighted by Gasteiger charge is -2.12. The molecule has 0 saturated carbocycles. The highest BCUT2D eigenvalue weighted by Gasteiger charge is 2.11. The zero-order valence-electron chi connectivity index (χ0n) is 20.0. The average molecular weight is 480 g/mol. The molecular formula is C29H29N5O2. The van der Waals surface area contributed by atoms with Crippen molar-refractivity contribution in [2.45, 2.75) is 25.5 Å². The third-order valence-corrected chi connectivity index (χ3v) is 5.91. The Kier molecular flexibility index (Phi) is 8.60. The van der Waals surface area contributed by atoms with Gasteiger partial charge in [-0.25, -0.2) is 4.98 Å². The van der Waals surface area contributed by atoms with Crippen molar-refractivity contribution >= 4 is 11.6 Å². The van der Waals surface area contributed by atoms with E-state index in [4.69, 9.17) is 5.26 Å². The summed E-state index contributed by atoms with van der Waals surface area (Å²) in [4.78, 5) is 17.0. The first-order valence-electron chi connectivity index (χ1n) is 11.9. The van der Waals surface area contributed by atoms with Gasteiger partial charge in [0.15, 0.2) is 0 Å². The van der Waals surface area contributed by atoms with Crippen LogP contribution >= 0.6 is 0 Å². The fourth-order valence-electron chi connectivity index (χ4n) is 3.90. The topological polar surface area (TPSA) is 103 Å². The van der Waals surface area contributed by atoms with Gasteiger partial charge in [0.25, 0.3) is 0 Å². The van der Waals surface area contributed by atoms with E-state index in [1.807, 2.05) is 77.5 Å². The summed E-state index contributed by atoms with van der Waals surface area (Å²) in [6.07, 6.45) is 4.00. The smallest absolute Gasteiger partial charge is 0.231 e. The number of benzene rings is 3. The quantitative estimate of drug-likeness (QED) is 0.284. The highest BCUT2D eigenvalue weighted by Crippen LogP contribution is 2.13. The summed E-state index contributed by atoms with van der Waals surface area (Å²) in [5.74, 6) is 0.545. The zero-order chi connectivity index (χ0) is 25.2. The highest BCUT2D eigenvalue weighted by atomic mass is 16.3. The summed E-state index contributed by atoms with van der Waals surface area (Å²) in [7, 11) is 0. The Hall–Kier alpha value is -4.25. The lowest BCUT2D eigenvalue weighted by molar-refractivity contribution is -0.115. The molecular weight excluding hydrogens is 450 g/mol. The van der Waals surface area contributed by atoms with E-state index in [9.17, 15) is 9.90 Å². The van der Waals surface area contributed by atoms with Crippen molar-refractivity contribution in [2.24, 2.45) is 0 Å². The molecule has 3 aromatic carbocycles. The molecule has 1 aromatic heterocycles. The van der Waals surface area contributed by atoms with E-state index in [2.05, 4.69) is 21.7 Å². The normalized spacial score (nSPS) is 11.6. The summed E-state index contributed by atoms with van der Waals surface area (Å²) in [5, 5.41) is 25.4. The van der Waals surface area contributed by atoms with Gasteiger partial charge in [-0.2, -0.15) is 5.26 Å². The molecule has 7 heteroatoms. The molecule has 4 aromatic rings. The van der Waals surface area contributed by atoms with Crippen molar-refractivity contribution in [3.63, 3.8) is 0 Å². The molecule has 0 radical (unpaired) electrons. The maximum Gasteiger partial charge on any atom is 0.231 e. The molecule has 1 heterocycles. The van der Waals surface area contributed by atoms with Crippen molar-refractivity contribution < 1.29 is 9.90 Å². The predicted octanol–water partition coefficient (Wildman–Crippen LogP) is 3.85. The SMILES string of the molecule is N#Cc1ccc(Cn2ccnc2CC(=O)Nc2ccc(CCNC[C@H](O)c3ccccc3)cc2)cc1. The second-order valence-corrected chi connectivity index (χ2v) is 8.58. The summed E-state index contributed by atoms with van der Waals surface area (Å²) >= 11 is 0. The van der Waals surface area contributed by atoms with Gasteiger partial charge in [-0.3, -0.25) is 4.79 Å². The number of amides is 1. The maximum atomic E-state index is 12.6. The molecule has 3 N–H and O–H groups in total. The number of nitriles is 1. The number of nitrogens with one attached hydrogen (secondary N) is 2. The molecule has 0 saturated heterocycles. The minimum atomic E-state index is -0.525. The lowest BCUT2D eigenvalue weighted by atomic mass is 10.1. The van der Waals surface area contributed by atoms with E-state index < -0.39 is 6.10 Å². The molecule has 0 aliphatic carbocycles. The minimum absolute atomic E-state index is 0.133. The van der Waals surface area contributed by atoms with Crippen LogP contribution < -0.4 is 10.6 Å². The van der Waals surface area contributed by atoms with E-state index in [-0.39, 0.29) is 12.3 Å². The molecule has 0 spiro atoms. The van der Waals surface area contributed by atoms with Gasteiger partial charge in [0.1, 0.15) is 5.82 Å². The van der Waals surface area contributed by atoms with E-state index in [1.165, 1.54) is 0 Å². The molecule has 1 atom stereocenters. The number of aromatic nitrogens is 2. The number of aliphatic hydroxyl groups is 1. The number of nitrogens with zero attached hydrogens (tertiary/aromatic N) is 3. The highest BCUT2D eigenvalue weighted by molar-refractivity contribution is 5.91. The largest absolute Gasteiger partial charge is 0.387 e. The van der Waals surface area contributed by atoms with Gasteiger partial charge in [-0.05, 0) is 53.9 Å². The maximum absolute atomic E-state index is 12.6. The van der Waals surface area contributed by atoms with Crippen LogP contribution in [0.2, 0.25) is 0 Å². The fourth-order valence-corrected chi connectivity index (χ4v) is 3.90. The molecule has 0 bridgehead atoms. The second kappa shape index (κ2) is 12.5. The zero-order valence-corrected chi connectivity index (χ0v) is 20.0. The molecule has 4 rings (SSSR count). The van der Waals surface area contributed by atoms with Crippen LogP contribution in [0.5, 0.6) is 0 Å². The number of rotatable bonds is 11. The standard InChI is InChI=1S/C29H29N5O2/c30-19-23-6-8-24(9-7-23)21-34-17-16-32-28(34)18-29(36)33-26-12-10-22(11-13-26)14-15-31-20-27(35)25-4-2-1-3-5-25/h1-13,16-17,27,31,35H,14-15,18,20-21H2,(H,33,36)/t27-/m0/s1. The third kappa shape index (κ3) is 7.12. The van der Waals surface area contributed by atoms with Gasteiger partial charge in [0, 0.05) is 31.2 Å². The van der Waals surface area contributed by atoms with Crippen LogP contribution in [0.15, 0.2) is 91.3 Å². The van der Waals surface area contributed by atoms with Crippen molar-refractivity contribution in [2.75, 3.05) is 18.4 Å². The van der Waals surface area contributed by atoms with Crippen molar-refractivity contribution in [3.05, 3.63) is 119 Å². The Morgan fingerprint density at radius 3 is 2.44 bits per heavy atom. The first kappa shape index (κ1) is 24.9. The van der Waals surface area contributed by atoms with Crippen molar-refractivity contribution in [1.82, 2.24) is 14.9 Å². The summed E-state index contributed by atoms with van der Waals surface area (Å²) in [6, 6.07) is 26.9. The van der Waals surface area contributed by atoms with Gasteiger partial charge >= 0.3 is 0 Å². The van der Waals surface area contributed by atoms with Crippen LogP contribution in [0.4, 0.5) is 5.69 Å². The van der Waals surface area contributed by atoms with Crippen molar-refractivity contribution in [1.29, 1.82) is 5.26 Å². The Bertz CT molecular complexity index is 1290. The van der Waals surface area contributed by atoms with E-state index in [1.54, 1.807) is 18.3 Å². The number of anilines is 1. The molecule has 36 heavy (non-hydrogen) atoms. The van der Waals surface area contributed by atoms with E-state index in [0.717, 1.165) is 35.3 Å². The van der Waals surface area contributed by atoms with Crippen LogP contribution in [-0.4, -0.2) is 33.7 Å². The Morgan fingerprint density at radius 2 is 1.72 bits per heavy atom. The predicted molar refractivity (Wildman–Crippen MR) is 139 cm³/mol.